The first-order valence-electron chi connectivity index (χ1n) is 11.6. The second kappa shape index (κ2) is 9.45. The predicted molar refractivity (Wildman–Crippen MR) is 126 cm³/mol. The van der Waals surface area contributed by atoms with Gasteiger partial charge in [0.15, 0.2) is 17.3 Å². The third-order valence-corrected chi connectivity index (χ3v) is 6.72. The fraction of sp³-hybridized carbons (Fsp3) is 0.435. The van der Waals surface area contributed by atoms with E-state index in [4.69, 9.17) is 10.5 Å². The molecule has 2 fully saturated rings. The van der Waals surface area contributed by atoms with Gasteiger partial charge in [0.25, 0.3) is 5.91 Å². The summed E-state index contributed by atoms with van der Waals surface area (Å²) in [6.07, 6.45) is 7.78. The molecule has 12 heteroatoms. The molecule has 11 nitrogen and oxygen atoms in total. The first kappa shape index (κ1) is 23.0. The van der Waals surface area contributed by atoms with Gasteiger partial charge in [0.1, 0.15) is 5.56 Å². The number of fused-ring (bicyclic) bond motifs is 1. The van der Waals surface area contributed by atoms with Crippen LogP contribution in [0.5, 0.6) is 0 Å². The summed E-state index contributed by atoms with van der Waals surface area (Å²) in [6, 6.07) is 1.83. The van der Waals surface area contributed by atoms with Crippen LogP contribution >= 0.6 is 0 Å². The zero-order valence-corrected chi connectivity index (χ0v) is 19.4. The number of likely N-dealkylation sites (tertiary alicyclic amines) is 1. The highest BCUT2D eigenvalue weighted by molar-refractivity contribution is 6.12. The molecule has 2 aliphatic heterocycles. The topological polar surface area (TPSA) is 131 Å². The SMILES string of the molecule is CO[C@@H]1CCN(C(=O)C2CCN(c3ccncc3NC(=O)c3c(N)nn4cc(F)cnc34)CC2)C1. The Morgan fingerprint density at radius 3 is 2.74 bits per heavy atom. The number of hydrogen-bond donors (Lipinski definition) is 2. The van der Waals surface area contributed by atoms with Crippen molar-refractivity contribution in [1.29, 1.82) is 0 Å². The van der Waals surface area contributed by atoms with Crippen molar-refractivity contribution in [1.82, 2.24) is 24.5 Å². The van der Waals surface area contributed by atoms with Crippen molar-refractivity contribution in [3.8, 4) is 0 Å². The zero-order chi connectivity index (χ0) is 24.5. The fourth-order valence-electron chi connectivity index (χ4n) is 4.84. The minimum atomic E-state index is -0.591. The van der Waals surface area contributed by atoms with E-state index in [1.807, 2.05) is 11.0 Å². The van der Waals surface area contributed by atoms with Crippen molar-refractivity contribution in [2.45, 2.75) is 25.4 Å². The highest BCUT2D eigenvalue weighted by atomic mass is 19.1. The normalized spacial score (nSPS) is 18.9. The first-order chi connectivity index (χ1) is 16.9. The molecule has 3 N–H and O–H groups in total. The average Bonchev–Trinajstić information content (AvgIpc) is 3.47. The van der Waals surface area contributed by atoms with E-state index in [0.29, 0.717) is 25.3 Å². The molecular weight excluding hydrogens is 455 g/mol. The Kier molecular flexibility index (Phi) is 6.20. The van der Waals surface area contributed by atoms with E-state index in [0.717, 1.165) is 48.4 Å². The number of nitrogens with two attached hydrogens (primary N) is 1. The molecule has 5 rings (SSSR count). The number of nitrogen functional groups attached to an aromatic ring is 1. The molecule has 2 aliphatic rings. The van der Waals surface area contributed by atoms with Crippen LogP contribution in [0.1, 0.15) is 29.6 Å². The second-order valence-electron chi connectivity index (χ2n) is 8.84. The lowest BCUT2D eigenvalue weighted by molar-refractivity contribution is -0.135. The molecule has 2 amide bonds. The molecule has 5 heterocycles. The molecule has 0 bridgehead atoms. The third kappa shape index (κ3) is 4.48. The van der Waals surface area contributed by atoms with Gasteiger partial charge in [0.2, 0.25) is 5.91 Å². The maximum absolute atomic E-state index is 13.5. The lowest BCUT2D eigenvalue weighted by Crippen LogP contribution is -2.42. The Morgan fingerprint density at radius 2 is 2.00 bits per heavy atom. The smallest absolute Gasteiger partial charge is 0.263 e. The number of aromatic nitrogens is 4. The van der Waals surface area contributed by atoms with Crippen molar-refractivity contribution >= 4 is 34.7 Å². The van der Waals surface area contributed by atoms with Crippen LogP contribution in [0.25, 0.3) is 5.65 Å². The molecule has 2 saturated heterocycles. The largest absolute Gasteiger partial charge is 0.381 e. The quantitative estimate of drug-likeness (QED) is 0.560. The summed E-state index contributed by atoms with van der Waals surface area (Å²) in [6.45, 7) is 2.74. The Morgan fingerprint density at radius 1 is 1.20 bits per heavy atom. The van der Waals surface area contributed by atoms with Gasteiger partial charge in [0, 0.05) is 45.4 Å². The fourth-order valence-corrected chi connectivity index (χ4v) is 4.84. The van der Waals surface area contributed by atoms with Gasteiger partial charge >= 0.3 is 0 Å². The minimum absolute atomic E-state index is 0.0215. The van der Waals surface area contributed by atoms with Crippen LogP contribution in [-0.4, -0.2) is 75.7 Å². The highest BCUT2D eigenvalue weighted by Gasteiger charge is 2.33. The van der Waals surface area contributed by atoms with Crippen molar-refractivity contribution in [3.05, 3.63) is 42.2 Å². The summed E-state index contributed by atoms with van der Waals surface area (Å²) in [5.41, 5.74) is 7.45. The van der Waals surface area contributed by atoms with E-state index in [9.17, 15) is 14.0 Å². The van der Waals surface area contributed by atoms with Gasteiger partial charge in [-0.05, 0) is 25.3 Å². The molecule has 35 heavy (non-hydrogen) atoms. The Bertz CT molecular complexity index is 1260. The van der Waals surface area contributed by atoms with E-state index < -0.39 is 11.7 Å². The van der Waals surface area contributed by atoms with Crippen molar-refractivity contribution < 1.29 is 18.7 Å². The molecule has 0 saturated carbocycles. The second-order valence-corrected chi connectivity index (χ2v) is 8.84. The van der Waals surface area contributed by atoms with E-state index in [1.165, 1.54) is 0 Å². The van der Waals surface area contributed by atoms with E-state index in [-0.39, 0.29) is 35.0 Å². The number of anilines is 3. The van der Waals surface area contributed by atoms with Crippen molar-refractivity contribution in [2.75, 3.05) is 49.2 Å². The van der Waals surface area contributed by atoms with Gasteiger partial charge in [-0.25, -0.2) is 13.9 Å². The summed E-state index contributed by atoms with van der Waals surface area (Å²) >= 11 is 0. The van der Waals surface area contributed by atoms with Crippen LogP contribution in [0, 0.1) is 11.7 Å². The molecule has 1 atom stereocenters. The van der Waals surface area contributed by atoms with Crippen LogP contribution in [0.2, 0.25) is 0 Å². The highest BCUT2D eigenvalue weighted by Crippen LogP contribution is 2.31. The van der Waals surface area contributed by atoms with E-state index in [2.05, 4.69) is 25.3 Å². The number of hydrogen-bond acceptors (Lipinski definition) is 8. The van der Waals surface area contributed by atoms with Gasteiger partial charge < -0.3 is 25.6 Å². The van der Waals surface area contributed by atoms with Gasteiger partial charge in [-0.3, -0.25) is 14.6 Å². The lowest BCUT2D eigenvalue weighted by Gasteiger charge is -2.35. The third-order valence-electron chi connectivity index (χ3n) is 6.72. The number of pyridine rings is 1. The van der Waals surface area contributed by atoms with Gasteiger partial charge in [-0.1, -0.05) is 0 Å². The number of amides is 2. The molecule has 0 radical (unpaired) electrons. The van der Waals surface area contributed by atoms with Crippen LogP contribution in [-0.2, 0) is 9.53 Å². The van der Waals surface area contributed by atoms with Crippen LogP contribution in [0.4, 0.5) is 21.6 Å². The summed E-state index contributed by atoms with van der Waals surface area (Å²) < 4.78 is 20.0. The molecule has 0 unspecified atom stereocenters. The molecular formula is C23H27FN8O3. The summed E-state index contributed by atoms with van der Waals surface area (Å²) in [4.78, 5) is 38.2. The zero-order valence-electron chi connectivity index (χ0n) is 19.4. The number of nitrogens with zero attached hydrogens (tertiary/aromatic N) is 6. The molecule has 3 aromatic rings. The number of carbonyl (C=O) groups is 2. The van der Waals surface area contributed by atoms with Crippen molar-refractivity contribution in [2.24, 2.45) is 5.92 Å². The van der Waals surface area contributed by atoms with Gasteiger partial charge in [-0.2, -0.15) is 0 Å². The summed E-state index contributed by atoms with van der Waals surface area (Å²) in [5, 5.41) is 6.83. The molecule has 0 spiro atoms. The van der Waals surface area contributed by atoms with E-state index >= 15 is 0 Å². The lowest BCUT2D eigenvalue weighted by atomic mass is 9.95. The molecule has 0 aromatic carbocycles. The molecule has 3 aromatic heterocycles. The van der Waals surface area contributed by atoms with Crippen LogP contribution < -0.4 is 16.0 Å². The Hall–Kier alpha value is -3.80. The predicted octanol–water partition coefficient (Wildman–Crippen LogP) is 1.56. The number of piperidine rings is 1. The standard InChI is InChI=1S/C23H27FN8O3/c1-35-16-5-9-31(13-16)23(34)14-3-7-30(8-4-14)18-2-6-26-11-17(18)28-22(33)19-20(25)29-32-12-15(24)10-27-21(19)32/h2,6,10-12,14,16H,3-5,7-9,13H2,1H3,(H2,25,29)(H,28,33)/t16-/m1/s1. The number of carbonyl (C=O) groups excluding carboxylic acids is 2. The maximum atomic E-state index is 13.5. The Balaban J connectivity index is 1.28. The number of rotatable bonds is 5. The molecule has 0 aliphatic carbocycles. The number of nitrogens with one attached hydrogen (secondary N) is 1. The maximum Gasteiger partial charge on any atom is 0.263 e. The van der Waals surface area contributed by atoms with E-state index in [1.54, 1.807) is 19.5 Å². The number of ether oxygens (including phenoxy) is 1. The van der Waals surface area contributed by atoms with Gasteiger partial charge in [-0.15, -0.1) is 5.10 Å². The number of halogens is 1. The first-order valence-corrected chi connectivity index (χ1v) is 11.6. The minimum Gasteiger partial charge on any atom is -0.381 e. The average molecular weight is 483 g/mol. The number of methoxy groups -OCH3 is 1. The summed E-state index contributed by atoms with van der Waals surface area (Å²) in [7, 11) is 1.68. The summed E-state index contributed by atoms with van der Waals surface area (Å²) in [5.74, 6) is -0.987. The van der Waals surface area contributed by atoms with Crippen LogP contribution in [0.3, 0.4) is 0 Å². The Labute approximate surface area is 201 Å². The van der Waals surface area contributed by atoms with Gasteiger partial charge in [0.05, 0.1) is 36.1 Å². The monoisotopic (exact) mass is 482 g/mol. The molecule has 184 valence electrons. The van der Waals surface area contributed by atoms with Crippen molar-refractivity contribution in [3.63, 3.8) is 0 Å². The van der Waals surface area contributed by atoms with Crippen LogP contribution in [0.15, 0.2) is 30.9 Å².